The highest BCUT2D eigenvalue weighted by atomic mass is 35.5. The second-order valence-corrected chi connectivity index (χ2v) is 11.4. The maximum absolute atomic E-state index is 13.7. The fourth-order valence-corrected chi connectivity index (χ4v) is 6.01. The first-order valence-electron chi connectivity index (χ1n) is 14.6. The fraction of sp³-hybridized carbons (Fsp3) is 0.452. The Balaban J connectivity index is 1.45. The second kappa shape index (κ2) is 13.4. The van der Waals surface area contributed by atoms with E-state index in [4.69, 9.17) is 16.6 Å². The van der Waals surface area contributed by atoms with Gasteiger partial charge < -0.3 is 20.2 Å². The Morgan fingerprint density at radius 3 is 2.62 bits per heavy atom. The van der Waals surface area contributed by atoms with E-state index in [1.54, 1.807) is 26.6 Å². The highest BCUT2D eigenvalue weighted by Crippen LogP contribution is 2.25. The first kappa shape index (κ1) is 29.6. The van der Waals surface area contributed by atoms with Crippen molar-refractivity contribution in [3.8, 4) is 5.75 Å². The van der Waals surface area contributed by atoms with Gasteiger partial charge in [-0.25, -0.2) is 9.67 Å². The maximum atomic E-state index is 13.7. The number of hydrogen-bond acceptors (Lipinski definition) is 6. The highest BCUT2D eigenvalue weighted by molar-refractivity contribution is 6.32. The number of nitrogens with one attached hydrogen (secondary N) is 1. The van der Waals surface area contributed by atoms with Crippen LogP contribution in [0.4, 0.5) is 0 Å². The van der Waals surface area contributed by atoms with Gasteiger partial charge >= 0.3 is 0 Å². The Morgan fingerprint density at radius 2 is 1.83 bits per heavy atom. The van der Waals surface area contributed by atoms with Crippen LogP contribution in [0.2, 0.25) is 5.02 Å². The summed E-state index contributed by atoms with van der Waals surface area (Å²) in [6, 6.07) is 13.6. The third-order valence-electron chi connectivity index (χ3n) is 7.96. The van der Waals surface area contributed by atoms with Crippen molar-refractivity contribution in [2.75, 3.05) is 19.6 Å². The van der Waals surface area contributed by atoms with Crippen LogP contribution in [0.5, 0.6) is 5.75 Å². The molecule has 1 aromatic heterocycles. The standard InChI is InChI=1S/C31H37ClN6O4/c1-21-33-30-25(19-22-8-3-2-4-9-22)34-31(42)26-10-5-6-15-37(26)28(40)11-7-14-36(16-17-38(30)35-21)29(41)20-23-12-13-27(39)24(32)18-23/h2-4,8-9,12-13,18,25-26,39H,5-7,10-11,14-17,19-20H2,1H3,(H,34,42)/t25-,26+/m1/s1. The normalized spacial score (nSPS) is 20.3. The van der Waals surface area contributed by atoms with Gasteiger partial charge in [0.05, 0.1) is 24.0 Å². The van der Waals surface area contributed by atoms with Crippen LogP contribution < -0.4 is 5.32 Å². The largest absolute Gasteiger partial charge is 0.506 e. The molecule has 0 radical (unpaired) electrons. The Kier molecular flexibility index (Phi) is 9.41. The molecule has 2 atom stereocenters. The molecular formula is C31H37ClN6O4. The number of piperidine rings is 1. The number of nitrogens with zero attached hydrogens (tertiary/aromatic N) is 5. The summed E-state index contributed by atoms with van der Waals surface area (Å²) in [5.74, 6) is 0.813. The summed E-state index contributed by atoms with van der Waals surface area (Å²) in [7, 11) is 0. The van der Waals surface area contributed by atoms with Gasteiger partial charge in [0.2, 0.25) is 17.7 Å². The third kappa shape index (κ3) is 7.10. The number of fused-ring (bicyclic) bond motifs is 2. The number of aromatic nitrogens is 3. The van der Waals surface area contributed by atoms with Crippen molar-refractivity contribution in [3.05, 3.63) is 76.3 Å². The summed E-state index contributed by atoms with van der Waals surface area (Å²) in [6.07, 6.45) is 3.69. The lowest BCUT2D eigenvalue weighted by Crippen LogP contribution is -2.53. The van der Waals surface area contributed by atoms with Crippen molar-refractivity contribution in [1.29, 1.82) is 0 Å². The molecule has 0 bridgehead atoms. The van der Waals surface area contributed by atoms with Crippen LogP contribution in [0.25, 0.3) is 0 Å². The number of carbonyl (C=O) groups is 3. The van der Waals surface area contributed by atoms with Crippen LogP contribution in [0.15, 0.2) is 48.5 Å². The van der Waals surface area contributed by atoms with E-state index in [2.05, 4.69) is 10.4 Å². The first-order valence-corrected chi connectivity index (χ1v) is 15.0. The van der Waals surface area contributed by atoms with Gasteiger partial charge in [-0.05, 0) is 62.3 Å². The molecule has 11 heteroatoms. The number of amides is 3. The molecule has 3 heterocycles. The van der Waals surface area contributed by atoms with E-state index in [1.807, 2.05) is 37.3 Å². The molecule has 0 spiro atoms. The number of carbonyl (C=O) groups excluding carboxylic acids is 3. The lowest BCUT2D eigenvalue weighted by Gasteiger charge is -2.36. The summed E-state index contributed by atoms with van der Waals surface area (Å²) >= 11 is 6.08. The molecule has 0 aliphatic carbocycles. The molecule has 0 saturated carbocycles. The lowest BCUT2D eigenvalue weighted by molar-refractivity contribution is -0.143. The molecule has 0 unspecified atom stereocenters. The summed E-state index contributed by atoms with van der Waals surface area (Å²) in [6.45, 7) is 3.47. The number of rotatable bonds is 4. The number of halogens is 1. The molecule has 2 aliphatic heterocycles. The Labute approximate surface area is 250 Å². The van der Waals surface area contributed by atoms with Crippen LogP contribution in [0, 0.1) is 6.92 Å². The molecule has 10 nitrogen and oxygen atoms in total. The Morgan fingerprint density at radius 1 is 1.02 bits per heavy atom. The van der Waals surface area contributed by atoms with Crippen molar-refractivity contribution < 1.29 is 19.5 Å². The summed E-state index contributed by atoms with van der Waals surface area (Å²) in [5, 5.41) is 17.8. The van der Waals surface area contributed by atoms with Gasteiger partial charge in [0, 0.05) is 26.1 Å². The van der Waals surface area contributed by atoms with Crippen LogP contribution in [-0.2, 0) is 33.8 Å². The van der Waals surface area contributed by atoms with Gasteiger partial charge in [0.15, 0.2) is 0 Å². The number of phenolic OH excluding ortho intramolecular Hbond substituents is 1. The Hall–Kier alpha value is -3.92. The monoisotopic (exact) mass is 592 g/mol. The minimum Gasteiger partial charge on any atom is -0.506 e. The van der Waals surface area contributed by atoms with Gasteiger partial charge in [-0.1, -0.05) is 48.0 Å². The molecule has 42 heavy (non-hydrogen) atoms. The van der Waals surface area contributed by atoms with Crippen LogP contribution in [0.3, 0.4) is 0 Å². The summed E-state index contributed by atoms with van der Waals surface area (Å²) in [5.41, 5.74) is 1.73. The van der Waals surface area contributed by atoms with Crippen molar-refractivity contribution in [2.24, 2.45) is 0 Å². The zero-order chi connectivity index (χ0) is 29.6. The molecule has 1 saturated heterocycles. The van der Waals surface area contributed by atoms with Crippen molar-refractivity contribution >= 4 is 29.3 Å². The molecular weight excluding hydrogens is 556 g/mol. The lowest BCUT2D eigenvalue weighted by atomic mass is 9.99. The number of benzene rings is 2. The van der Waals surface area contributed by atoms with Gasteiger partial charge in [-0.15, -0.1) is 0 Å². The number of aromatic hydroxyl groups is 1. The zero-order valence-electron chi connectivity index (χ0n) is 23.8. The van der Waals surface area contributed by atoms with E-state index in [0.717, 1.165) is 18.4 Å². The molecule has 3 amide bonds. The van der Waals surface area contributed by atoms with E-state index >= 15 is 0 Å². The van der Waals surface area contributed by atoms with E-state index in [-0.39, 0.29) is 41.3 Å². The SMILES string of the molecule is Cc1nc2n(n1)CCN(C(=O)Cc1ccc(O)c(Cl)c1)CCCC(=O)N1CCCC[C@H]1C(=O)N[C@@H]2Cc1ccccc1. The average molecular weight is 593 g/mol. The first-order chi connectivity index (χ1) is 20.3. The predicted octanol–water partition coefficient (Wildman–Crippen LogP) is 3.59. The third-order valence-corrected chi connectivity index (χ3v) is 8.27. The van der Waals surface area contributed by atoms with E-state index < -0.39 is 12.1 Å². The summed E-state index contributed by atoms with van der Waals surface area (Å²) < 4.78 is 1.79. The minimum atomic E-state index is -0.540. The number of aryl methyl sites for hydroxylation is 1. The number of hydrogen-bond donors (Lipinski definition) is 2. The van der Waals surface area contributed by atoms with E-state index in [0.29, 0.717) is 62.7 Å². The topological polar surface area (TPSA) is 121 Å². The smallest absolute Gasteiger partial charge is 0.243 e. The Bertz CT molecular complexity index is 1430. The zero-order valence-corrected chi connectivity index (χ0v) is 24.6. The van der Waals surface area contributed by atoms with Crippen LogP contribution in [-0.4, -0.2) is 73.1 Å². The maximum Gasteiger partial charge on any atom is 0.243 e. The molecule has 222 valence electrons. The summed E-state index contributed by atoms with van der Waals surface area (Å²) in [4.78, 5) is 48.7. The predicted molar refractivity (Wildman–Crippen MR) is 158 cm³/mol. The molecule has 2 N–H and O–H groups in total. The number of phenols is 1. The van der Waals surface area contributed by atoms with Crippen molar-refractivity contribution in [2.45, 2.75) is 70.5 Å². The van der Waals surface area contributed by atoms with E-state index in [9.17, 15) is 19.5 Å². The van der Waals surface area contributed by atoms with Crippen molar-refractivity contribution in [1.82, 2.24) is 29.9 Å². The van der Waals surface area contributed by atoms with Crippen LogP contribution in [0.1, 0.15) is 60.9 Å². The van der Waals surface area contributed by atoms with Gasteiger partial charge in [0.1, 0.15) is 23.4 Å². The van der Waals surface area contributed by atoms with Crippen LogP contribution >= 0.6 is 11.6 Å². The molecule has 3 aromatic rings. The fourth-order valence-electron chi connectivity index (χ4n) is 5.81. The minimum absolute atomic E-state index is 0.0353. The van der Waals surface area contributed by atoms with Gasteiger partial charge in [0.25, 0.3) is 0 Å². The quantitative estimate of drug-likeness (QED) is 0.478. The second-order valence-electron chi connectivity index (χ2n) is 11.0. The average Bonchev–Trinajstić information content (AvgIpc) is 3.36. The molecule has 5 rings (SSSR count). The molecule has 2 aliphatic rings. The van der Waals surface area contributed by atoms with Gasteiger partial charge in [-0.2, -0.15) is 5.10 Å². The van der Waals surface area contributed by atoms with E-state index in [1.165, 1.54) is 6.07 Å². The van der Waals surface area contributed by atoms with Crippen molar-refractivity contribution in [3.63, 3.8) is 0 Å². The van der Waals surface area contributed by atoms with Gasteiger partial charge in [-0.3, -0.25) is 14.4 Å². The molecule has 2 aromatic carbocycles. The molecule has 1 fully saturated rings. The highest BCUT2D eigenvalue weighted by Gasteiger charge is 2.34.